The van der Waals surface area contributed by atoms with Crippen molar-refractivity contribution in [3.63, 3.8) is 0 Å². The number of hydrazine groups is 1. The number of rotatable bonds is 2. The number of nitrogens with zero attached hydrogens (tertiary/aromatic N) is 1. The fourth-order valence-electron chi connectivity index (χ4n) is 0.703. The smallest absolute Gasteiger partial charge is 0.256 e. The zero-order chi connectivity index (χ0) is 8.27. The van der Waals surface area contributed by atoms with Crippen LogP contribution in [0.25, 0.3) is 0 Å². The molecule has 0 bridgehead atoms. The van der Waals surface area contributed by atoms with Gasteiger partial charge in [0.15, 0.2) is 0 Å². The summed E-state index contributed by atoms with van der Waals surface area (Å²) in [7, 11) is 1.54. The van der Waals surface area contributed by atoms with Crippen molar-refractivity contribution in [1.29, 1.82) is 0 Å². The molecule has 0 saturated heterocycles. The zero-order valence-corrected chi connectivity index (χ0v) is 6.01. The van der Waals surface area contributed by atoms with Gasteiger partial charge in [0.05, 0.1) is 6.20 Å². The second-order valence-corrected chi connectivity index (χ2v) is 1.88. The molecular weight excluding hydrogens is 146 g/mol. The third-order valence-electron chi connectivity index (χ3n) is 1.26. The van der Waals surface area contributed by atoms with Crippen molar-refractivity contribution in [2.45, 2.75) is 0 Å². The molecule has 0 aliphatic rings. The Hall–Kier alpha value is -1.56. The Balaban J connectivity index is 2.92. The Kier molecular flexibility index (Phi) is 2.07. The van der Waals surface area contributed by atoms with Crippen LogP contribution in [0.5, 0.6) is 0 Å². The Labute approximate surface area is 63.1 Å². The van der Waals surface area contributed by atoms with Gasteiger partial charge in [0.2, 0.25) is 0 Å². The molecule has 0 fully saturated rings. The molecule has 1 rings (SSSR count). The van der Waals surface area contributed by atoms with Crippen LogP contribution in [0.15, 0.2) is 6.20 Å². The topological polar surface area (TPSA) is 95.8 Å². The van der Waals surface area contributed by atoms with Gasteiger partial charge >= 0.3 is 0 Å². The van der Waals surface area contributed by atoms with Gasteiger partial charge in [-0.1, -0.05) is 0 Å². The fourth-order valence-corrected chi connectivity index (χ4v) is 0.703. The number of nitrogens with two attached hydrogens (primary N) is 1. The van der Waals surface area contributed by atoms with Gasteiger partial charge in [-0.2, -0.15) is 5.10 Å². The van der Waals surface area contributed by atoms with Crippen LogP contribution in [0.1, 0.15) is 10.4 Å². The zero-order valence-electron chi connectivity index (χ0n) is 6.01. The lowest BCUT2D eigenvalue weighted by Crippen LogP contribution is -2.20. The van der Waals surface area contributed by atoms with Crippen molar-refractivity contribution < 1.29 is 4.79 Å². The summed E-state index contributed by atoms with van der Waals surface area (Å²) in [6, 6.07) is 0. The van der Waals surface area contributed by atoms with Crippen LogP contribution in [0, 0.1) is 0 Å². The summed E-state index contributed by atoms with van der Waals surface area (Å²) >= 11 is 0. The number of nitrogen functional groups attached to an aromatic ring is 1. The highest BCUT2D eigenvalue weighted by atomic mass is 16.1. The largest absolute Gasteiger partial charge is 0.355 e. The van der Waals surface area contributed by atoms with Gasteiger partial charge in [0.25, 0.3) is 5.91 Å². The van der Waals surface area contributed by atoms with Gasteiger partial charge in [0.1, 0.15) is 11.4 Å². The number of hydrogen-bond donors (Lipinski definition) is 4. The monoisotopic (exact) mass is 155 g/mol. The highest BCUT2D eigenvalue weighted by molar-refractivity contribution is 5.98. The normalized spacial score (nSPS) is 9.27. The predicted molar refractivity (Wildman–Crippen MR) is 39.8 cm³/mol. The van der Waals surface area contributed by atoms with E-state index >= 15 is 0 Å². The SMILES string of the molecule is CNC(=O)c1cn[nH]c1NN. The van der Waals surface area contributed by atoms with Crippen molar-refractivity contribution in [3.8, 4) is 0 Å². The quantitative estimate of drug-likeness (QED) is 0.327. The van der Waals surface area contributed by atoms with E-state index in [1.54, 1.807) is 0 Å². The van der Waals surface area contributed by atoms with E-state index in [1.165, 1.54) is 13.2 Å². The van der Waals surface area contributed by atoms with E-state index in [0.717, 1.165) is 0 Å². The van der Waals surface area contributed by atoms with Gasteiger partial charge in [-0.05, 0) is 0 Å². The van der Waals surface area contributed by atoms with Crippen molar-refractivity contribution in [1.82, 2.24) is 15.5 Å². The molecule has 0 unspecified atom stereocenters. The molecule has 1 heterocycles. The second-order valence-electron chi connectivity index (χ2n) is 1.88. The molecule has 11 heavy (non-hydrogen) atoms. The summed E-state index contributed by atoms with van der Waals surface area (Å²) in [4.78, 5) is 11.0. The van der Waals surface area contributed by atoms with E-state index in [9.17, 15) is 4.79 Å². The van der Waals surface area contributed by atoms with E-state index in [2.05, 4.69) is 20.9 Å². The molecule has 1 aromatic heterocycles. The number of aromatic amines is 1. The molecule has 0 atom stereocenters. The van der Waals surface area contributed by atoms with E-state index < -0.39 is 0 Å². The van der Waals surface area contributed by atoms with E-state index in [-0.39, 0.29) is 5.91 Å². The number of nitrogens with one attached hydrogen (secondary N) is 3. The maximum absolute atomic E-state index is 11.0. The first-order valence-electron chi connectivity index (χ1n) is 3.01. The highest BCUT2D eigenvalue weighted by Gasteiger charge is 2.09. The molecule has 6 heteroatoms. The van der Waals surface area contributed by atoms with Crippen LogP contribution < -0.4 is 16.6 Å². The van der Waals surface area contributed by atoms with Crippen LogP contribution in [-0.2, 0) is 0 Å². The van der Waals surface area contributed by atoms with Crippen LogP contribution in [0.3, 0.4) is 0 Å². The average molecular weight is 155 g/mol. The molecule has 0 spiro atoms. The summed E-state index contributed by atoms with van der Waals surface area (Å²) in [6.07, 6.45) is 1.40. The van der Waals surface area contributed by atoms with Crippen molar-refractivity contribution in [2.24, 2.45) is 5.84 Å². The summed E-state index contributed by atoms with van der Waals surface area (Å²) < 4.78 is 0. The standard InChI is InChI=1S/C5H9N5O/c1-7-5(11)3-2-8-10-4(3)9-6/h2H,6H2,1H3,(H,7,11)(H2,8,9,10). The molecule has 0 saturated carbocycles. The maximum Gasteiger partial charge on any atom is 0.256 e. The Morgan fingerprint density at radius 3 is 3.09 bits per heavy atom. The van der Waals surface area contributed by atoms with E-state index in [1.807, 2.05) is 0 Å². The van der Waals surface area contributed by atoms with Gasteiger partial charge < -0.3 is 10.7 Å². The number of carbonyl (C=O) groups excluding carboxylic acids is 1. The summed E-state index contributed by atoms with van der Waals surface area (Å²) in [5, 5.41) is 8.60. The minimum Gasteiger partial charge on any atom is -0.355 e. The number of anilines is 1. The molecule has 0 aromatic carbocycles. The lowest BCUT2D eigenvalue weighted by atomic mass is 10.3. The lowest BCUT2D eigenvalue weighted by molar-refractivity contribution is 0.0964. The molecule has 6 nitrogen and oxygen atoms in total. The third kappa shape index (κ3) is 1.30. The number of amides is 1. The molecular formula is C5H9N5O. The maximum atomic E-state index is 11.0. The molecule has 0 radical (unpaired) electrons. The predicted octanol–water partition coefficient (Wildman–Crippen LogP) is -0.945. The Morgan fingerprint density at radius 2 is 2.55 bits per heavy atom. The van der Waals surface area contributed by atoms with Gasteiger partial charge in [-0.15, -0.1) is 0 Å². The first kappa shape index (κ1) is 7.55. The number of hydrogen-bond acceptors (Lipinski definition) is 4. The number of H-pyrrole nitrogens is 1. The molecule has 5 N–H and O–H groups in total. The molecule has 1 amide bonds. The van der Waals surface area contributed by atoms with E-state index in [4.69, 9.17) is 5.84 Å². The molecule has 0 aliphatic carbocycles. The lowest BCUT2D eigenvalue weighted by Gasteiger charge is -1.98. The van der Waals surface area contributed by atoms with Gasteiger partial charge in [-0.25, -0.2) is 5.84 Å². The summed E-state index contributed by atoms with van der Waals surface area (Å²) in [5.41, 5.74) is 2.71. The first-order chi connectivity index (χ1) is 5.29. The molecule has 0 aliphatic heterocycles. The second kappa shape index (κ2) is 3.02. The van der Waals surface area contributed by atoms with Crippen molar-refractivity contribution in [3.05, 3.63) is 11.8 Å². The van der Waals surface area contributed by atoms with Gasteiger partial charge in [-0.3, -0.25) is 9.89 Å². The average Bonchev–Trinajstić information content (AvgIpc) is 2.50. The minimum absolute atomic E-state index is 0.230. The highest BCUT2D eigenvalue weighted by Crippen LogP contribution is 2.07. The number of carbonyl (C=O) groups is 1. The third-order valence-corrected chi connectivity index (χ3v) is 1.26. The van der Waals surface area contributed by atoms with Crippen LogP contribution >= 0.6 is 0 Å². The van der Waals surface area contributed by atoms with Crippen molar-refractivity contribution in [2.75, 3.05) is 12.5 Å². The van der Waals surface area contributed by atoms with Crippen LogP contribution in [0.2, 0.25) is 0 Å². The fraction of sp³-hybridized carbons (Fsp3) is 0.200. The number of aromatic nitrogens is 2. The first-order valence-corrected chi connectivity index (χ1v) is 3.01. The summed E-state index contributed by atoms with van der Waals surface area (Å²) in [5.74, 6) is 5.26. The van der Waals surface area contributed by atoms with Gasteiger partial charge in [0, 0.05) is 7.05 Å². The van der Waals surface area contributed by atoms with Crippen molar-refractivity contribution >= 4 is 11.7 Å². The summed E-state index contributed by atoms with van der Waals surface area (Å²) in [6.45, 7) is 0. The Bertz CT molecular complexity index is 255. The molecule has 1 aromatic rings. The van der Waals surface area contributed by atoms with Crippen LogP contribution in [-0.4, -0.2) is 23.2 Å². The Morgan fingerprint density at radius 1 is 1.82 bits per heavy atom. The molecule has 60 valence electrons. The van der Waals surface area contributed by atoms with Crippen LogP contribution in [0.4, 0.5) is 5.82 Å². The minimum atomic E-state index is -0.230. The van der Waals surface area contributed by atoms with E-state index in [0.29, 0.717) is 11.4 Å².